The van der Waals surface area contributed by atoms with Crippen LogP contribution in [0, 0.1) is 0 Å². The van der Waals surface area contributed by atoms with Crippen LogP contribution in [0.1, 0.15) is 11.8 Å². The Hall–Kier alpha value is -1.89. The lowest BCUT2D eigenvalue weighted by molar-refractivity contribution is 0.378. The molecule has 2 N–H and O–H groups in total. The van der Waals surface area contributed by atoms with Gasteiger partial charge in [-0.15, -0.1) is 11.3 Å². The van der Waals surface area contributed by atoms with E-state index in [4.69, 9.17) is 10.5 Å². The molecule has 0 aromatic carbocycles. The van der Waals surface area contributed by atoms with Gasteiger partial charge in [0.2, 0.25) is 11.9 Å². The van der Waals surface area contributed by atoms with E-state index in [2.05, 4.69) is 39.4 Å². The van der Waals surface area contributed by atoms with Gasteiger partial charge in [-0.3, -0.25) is 0 Å². The minimum Gasteiger partial charge on any atom is -0.467 e. The highest BCUT2D eigenvalue weighted by Crippen LogP contribution is 2.18. The molecule has 2 rings (SSSR count). The molecular weight excluding hydrogens is 262 g/mol. The summed E-state index contributed by atoms with van der Waals surface area (Å²) in [5.74, 6) is 0.686. The summed E-state index contributed by atoms with van der Waals surface area (Å²) in [7, 11) is 3.44. The predicted octanol–water partition coefficient (Wildman–Crippen LogP) is 1.59. The molecule has 0 saturated heterocycles. The summed E-state index contributed by atoms with van der Waals surface area (Å²) < 4.78 is 5.00. The second-order valence-electron chi connectivity index (χ2n) is 4.22. The number of likely N-dealkylation sites (N-methyl/N-ethyl adjacent to an activating group) is 1. The Kier molecular flexibility index (Phi) is 4.16. The fraction of sp³-hybridized carbons (Fsp3) is 0.417. The van der Waals surface area contributed by atoms with Crippen LogP contribution in [0.4, 0.5) is 11.9 Å². The van der Waals surface area contributed by atoms with Crippen LogP contribution in [-0.2, 0) is 6.42 Å². The quantitative estimate of drug-likeness (QED) is 0.895. The Labute approximate surface area is 116 Å². The van der Waals surface area contributed by atoms with Crippen LogP contribution in [0.15, 0.2) is 17.5 Å². The number of thiophene rings is 1. The number of hydrogen-bond acceptors (Lipinski definition) is 7. The van der Waals surface area contributed by atoms with E-state index in [-0.39, 0.29) is 18.0 Å². The van der Waals surface area contributed by atoms with Crippen molar-refractivity contribution in [2.24, 2.45) is 0 Å². The van der Waals surface area contributed by atoms with Crippen LogP contribution in [-0.4, -0.2) is 35.2 Å². The van der Waals surface area contributed by atoms with Gasteiger partial charge >= 0.3 is 6.01 Å². The molecule has 0 aliphatic carbocycles. The molecule has 2 heterocycles. The van der Waals surface area contributed by atoms with Crippen molar-refractivity contribution < 1.29 is 4.74 Å². The molecule has 102 valence electrons. The van der Waals surface area contributed by atoms with E-state index in [1.54, 1.807) is 11.3 Å². The molecule has 6 nitrogen and oxygen atoms in total. The molecule has 2 aromatic heterocycles. The summed E-state index contributed by atoms with van der Waals surface area (Å²) >= 11 is 1.75. The molecule has 0 spiro atoms. The van der Waals surface area contributed by atoms with Crippen LogP contribution >= 0.6 is 11.3 Å². The maximum Gasteiger partial charge on any atom is 0.322 e. The number of rotatable bonds is 5. The minimum absolute atomic E-state index is 0.164. The number of aromatic nitrogens is 3. The first-order chi connectivity index (χ1) is 9.10. The number of hydrogen-bond donors (Lipinski definition) is 1. The van der Waals surface area contributed by atoms with Crippen molar-refractivity contribution in [3.05, 3.63) is 22.4 Å². The summed E-state index contributed by atoms with van der Waals surface area (Å²) in [6, 6.07) is 4.66. The highest BCUT2D eigenvalue weighted by molar-refractivity contribution is 7.09. The van der Waals surface area contributed by atoms with Crippen LogP contribution in [0.5, 0.6) is 6.01 Å². The molecule has 19 heavy (non-hydrogen) atoms. The SMILES string of the molecule is COc1nc(N)nc(N(C)C(C)Cc2cccs2)n1. The fourth-order valence-corrected chi connectivity index (χ4v) is 2.49. The summed E-state index contributed by atoms with van der Waals surface area (Å²) in [5.41, 5.74) is 5.64. The molecule has 1 unspecified atom stereocenters. The highest BCUT2D eigenvalue weighted by Gasteiger charge is 2.16. The molecule has 0 radical (unpaired) electrons. The standard InChI is InChI=1S/C12H17N5OS/c1-8(7-9-5-4-6-19-9)17(2)11-14-10(13)15-12(16-11)18-3/h4-6,8H,7H2,1-3H3,(H2,13,14,15,16). The third kappa shape index (κ3) is 3.31. The van der Waals surface area contributed by atoms with Gasteiger partial charge in [-0.25, -0.2) is 0 Å². The molecule has 1 atom stereocenters. The first-order valence-electron chi connectivity index (χ1n) is 5.91. The lowest BCUT2D eigenvalue weighted by Crippen LogP contribution is -2.32. The third-order valence-corrected chi connectivity index (χ3v) is 3.76. The van der Waals surface area contributed by atoms with Crippen molar-refractivity contribution in [2.75, 3.05) is 24.8 Å². The number of nitrogens with zero attached hydrogens (tertiary/aromatic N) is 4. The topological polar surface area (TPSA) is 77.2 Å². The Bertz CT molecular complexity index is 531. The molecule has 7 heteroatoms. The van der Waals surface area contributed by atoms with Crippen LogP contribution in [0.25, 0.3) is 0 Å². The van der Waals surface area contributed by atoms with E-state index in [1.165, 1.54) is 12.0 Å². The minimum atomic E-state index is 0.164. The number of nitrogens with two attached hydrogens (primary N) is 1. The zero-order chi connectivity index (χ0) is 13.8. The lowest BCUT2D eigenvalue weighted by Gasteiger charge is -2.24. The van der Waals surface area contributed by atoms with E-state index >= 15 is 0 Å². The first kappa shape index (κ1) is 13.5. The number of methoxy groups -OCH3 is 1. The van der Waals surface area contributed by atoms with E-state index < -0.39 is 0 Å². The fourth-order valence-electron chi connectivity index (χ4n) is 1.66. The van der Waals surface area contributed by atoms with E-state index in [0.717, 1.165) is 6.42 Å². The van der Waals surface area contributed by atoms with Gasteiger partial charge in [0.15, 0.2) is 0 Å². The van der Waals surface area contributed by atoms with Gasteiger partial charge in [0.25, 0.3) is 0 Å². The van der Waals surface area contributed by atoms with E-state index in [1.807, 2.05) is 11.9 Å². The van der Waals surface area contributed by atoms with Gasteiger partial charge in [0, 0.05) is 24.4 Å². The average Bonchev–Trinajstić information content (AvgIpc) is 2.89. The summed E-state index contributed by atoms with van der Waals surface area (Å²) in [5, 5.41) is 2.08. The number of nitrogen functional groups attached to an aromatic ring is 1. The predicted molar refractivity (Wildman–Crippen MR) is 76.7 cm³/mol. The molecule has 0 aliphatic heterocycles. The maximum absolute atomic E-state index is 5.64. The zero-order valence-corrected chi connectivity index (χ0v) is 12.0. The third-order valence-electron chi connectivity index (χ3n) is 2.86. The van der Waals surface area contributed by atoms with Crippen LogP contribution in [0.2, 0.25) is 0 Å². The summed E-state index contributed by atoms with van der Waals surface area (Å²) in [6.07, 6.45) is 0.933. The number of anilines is 2. The van der Waals surface area contributed by atoms with E-state index in [0.29, 0.717) is 5.95 Å². The van der Waals surface area contributed by atoms with Crippen LogP contribution in [0.3, 0.4) is 0 Å². The molecule has 2 aromatic rings. The lowest BCUT2D eigenvalue weighted by atomic mass is 10.2. The number of ether oxygens (including phenoxy) is 1. The second kappa shape index (κ2) is 5.83. The van der Waals surface area contributed by atoms with E-state index in [9.17, 15) is 0 Å². The molecule has 0 amide bonds. The first-order valence-corrected chi connectivity index (χ1v) is 6.79. The van der Waals surface area contributed by atoms with Crippen molar-refractivity contribution in [3.63, 3.8) is 0 Å². The Balaban J connectivity index is 2.14. The van der Waals surface area contributed by atoms with Gasteiger partial charge < -0.3 is 15.4 Å². The average molecular weight is 279 g/mol. The monoisotopic (exact) mass is 279 g/mol. The summed E-state index contributed by atoms with van der Waals surface area (Å²) in [6.45, 7) is 2.12. The van der Waals surface area contributed by atoms with Crippen molar-refractivity contribution in [1.29, 1.82) is 0 Å². The largest absolute Gasteiger partial charge is 0.467 e. The van der Waals surface area contributed by atoms with Gasteiger partial charge in [0.1, 0.15) is 0 Å². The van der Waals surface area contributed by atoms with Crippen LogP contribution < -0.4 is 15.4 Å². The summed E-state index contributed by atoms with van der Waals surface area (Å²) in [4.78, 5) is 15.5. The molecule has 0 fully saturated rings. The van der Waals surface area contributed by atoms with Crippen molar-refractivity contribution >= 4 is 23.2 Å². The van der Waals surface area contributed by atoms with Gasteiger partial charge in [-0.05, 0) is 18.4 Å². The van der Waals surface area contributed by atoms with Crippen molar-refractivity contribution in [2.45, 2.75) is 19.4 Å². The smallest absolute Gasteiger partial charge is 0.322 e. The molecule has 0 saturated carbocycles. The Morgan fingerprint density at radius 2 is 2.21 bits per heavy atom. The maximum atomic E-state index is 5.64. The zero-order valence-electron chi connectivity index (χ0n) is 11.2. The molecular formula is C12H17N5OS. The Morgan fingerprint density at radius 3 is 2.84 bits per heavy atom. The van der Waals surface area contributed by atoms with Crippen molar-refractivity contribution in [3.8, 4) is 6.01 Å². The second-order valence-corrected chi connectivity index (χ2v) is 5.26. The molecule has 0 aliphatic rings. The Morgan fingerprint density at radius 1 is 1.42 bits per heavy atom. The normalized spacial score (nSPS) is 12.2. The van der Waals surface area contributed by atoms with Gasteiger partial charge in [0.05, 0.1) is 7.11 Å². The van der Waals surface area contributed by atoms with Crippen molar-refractivity contribution in [1.82, 2.24) is 15.0 Å². The highest BCUT2D eigenvalue weighted by atomic mass is 32.1. The van der Waals surface area contributed by atoms with Gasteiger partial charge in [-0.1, -0.05) is 6.07 Å². The molecule has 0 bridgehead atoms. The van der Waals surface area contributed by atoms with Gasteiger partial charge in [-0.2, -0.15) is 15.0 Å².